The van der Waals surface area contributed by atoms with E-state index in [0.29, 0.717) is 12.8 Å². The zero-order valence-corrected chi connectivity index (χ0v) is 11.1. The summed E-state index contributed by atoms with van der Waals surface area (Å²) >= 11 is 5.48. The molecule has 1 fully saturated rings. The van der Waals surface area contributed by atoms with E-state index < -0.39 is 21.0 Å². The van der Waals surface area contributed by atoms with E-state index in [4.69, 9.17) is 15.8 Å². The summed E-state index contributed by atoms with van der Waals surface area (Å²) in [6, 6.07) is 0. The van der Waals surface area contributed by atoms with Gasteiger partial charge < -0.3 is 5.11 Å². The number of halogens is 1. The highest BCUT2D eigenvalue weighted by molar-refractivity contribution is 7.88. The van der Waals surface area contributed by atoms with Crippen LogP contribution in [0.15, 0.2) is 0 Å². The minimum absolute atomic E-state index is 0.0617. The Morgan fingerprint density at radius 1 is 1.50 bits per heavy atom. The van der Waals surface area contributed by atoms with E-state index in [1.807, 2.05) is 6.92 Å². The Hall–Kier alpha value is 0.160. The average molecular weight is 271 g/mol. The van der Waals surface area contributed by atoms with Crippen LogP contribution in [-0.4, -0.2) is 36.9 Å². The molecule has 0 spiro atoms. The first-order valence-electron chi connectivity index (χ1n) is 5.60. The van der Waals surface area contributed by atoms with E-state index in [0.717, 1.165) is 12.8 Å². The first kappa shape index (κ1) is 14.2. The van der Waals surface area contributed by atoms with Gasteiger partial charge in [-0.3, -0.25) is 4.18 Å². The van der Waals surface area contributed by atoms with Gasteiger partial charge in [-0.25, -0.2) is 0 Å². The van der Waals surface area contributed by atoms with Gasteiger partial charge in [0.2, 0.25) is 0 Å². The molecule has 0 bridgehead atoms. The summed E-state index contributed by atoms with van der Waals surface area (Å²) < 4.78 is 27.8. The minimum Gasteiger partial charge on any atom is -0.392 e. The standard InChI is InChI=1S/C10H19ClO4S/c1-2-3-6-15-16(13,14)10(4-5-10)7-9(12)8-11/h9,12H,2-8H2,1H3/t9-/m0/s1. The lowest BCUT2D eigenvalue weighted by Gasteiger charge is -2.18. The van der Waals surface area contributed by atoms with Crippen LogP contribution in [0.1, 0.15) is 39.0 Å². The van der Waals surface area contributed by atoms with Gasteiger partial charge in [-0.15, -0.1) is 11.6 Å². The van der Waals surface area contributed by atoms with Crippen LogP contribution in [0, 0.1) is 0 Å². The molecule has 1 aliphatic rings. The predicted octanol–water partition coefficient (Wildman–Crippen LogP) is 1.66. The maximum atomic E-state index is 11.9. The number of hydrogen-bond acceptors (Lipinski definition) is 4. The second-order valence-corrected chi connectivity index (χ2v) is 6.64. The predicted molar refractivity (Wildman–Crippen MR) is 63.1 cm³/mol. The molecule has 0 aromatic heterocycles. The molecule has 0 saturated heterocycles. The molecule has 0 heterocycles. The van der Waals surface area contributed by atoms with Gasteiger partial charge in [-0.05, 0) is 25.7 Å². The summed E-state index contributed by atoms with van der Waals surface area (Å²) in [5, 5.41) is 9.42. The second kappa shape index (κ2) is 5.67. The number of alkyl halides is 1. The number of unbranched alkanes of at least 4 members (excludes halogenated alkanes) is 1. The van der Waals surface area contributed by atoms with Crippen LogP contribution < -0.4 is 0 Å². The van der Waals surface area contributed by atoms with Crippen molar-refractivity contribution in [2.45, 2.75) is 49.9 Å². The largest absolute Gasteiger partial charge is 0.392 e. The molecule has 1 rings (SSSR count). The van der Waals surface area contributed by atoms with Gasteiger partial charge in [0.25, 0.3) is 10.1 Å². The van der Waals surface area contributed by atoms with E-state index in [-0.39, 0.29) is 18.9 Å². The van der Waals surface area contributed by atoms with Gasteiger partial charge in [0.1, 0.15) is 4.75 Å². The quantitative estimate of drug-likeness (QED) is 0.414. The Morgan fingerprint density at radius 2 is 2.12 bits per heavy atom. The second-order valence-electron chi connectivity index (χ2n) is 4.32. The van der Waals surface area contributed by atoms with Crippen LogP contribution in [0.5, 0.6) is 0 Å². The van der Waals surface area contributed by atoms with Gasteiger partial charge in [0, 0.05) is 5.88 Å². The number of aliphatic hydroxyl groups excluding tert-OH is 1. The average Bonchev–Trinajstić information content (AvgIpc) is 2.99. The first-order chi connectivity index (χ1) is 7.47. The summed E-state index contributed by atoms with van der Waals surface area (Å²) in [5.74, 6) is 0.0617. The van der Waals surface area contributed by atoms with Crippen molar-refractivity contribution in [3.8, 4) is 0 Å². The Morgan fingerprint density at radius 3 is 2.56 bits per heavy atom. The zero-order chi connectivity index (χ0) is 12.2. The fraction of sp³-hybridized carbons (Fsp3) is 1.00. The summed E-state index contributed by atoms with van der Waals surface area (Å²) in [6.45, 7) is 2.21. The molecule has 96 valence electrons. The van der Waals surface area contributed by atoms with Gasteiger partial charge in [-0.1, -0.05) is 13.3 Å². The molecule has 1 N–H and O–H groups in total. The molecule has 4 nitrogen and oxygen atoms in total. The lowest BCUT2D eigenvalue weighted by Crippen LogP contribution is -2.31. The van der Waals surface area contributed by atoms with Gasteiger partial charge in [0.05, 0.1) is 12.7 Å². The van der Waals surface area contributed by atoms with Gasteiger partial charge >= 0.3 is 0 Å². The van der Waals surface area contributed by atoms with Crippen molar-refractivity contribution in [2.75, 3.05) is 12.5 Å². The molecule has 1 saturated carbocycles. The van der Waals surface area contributed by atoms with Crippen LogP contribution in [0.2, 0.25) is 0 Å². The number of rotatable bonds is 8. The molecule has 0 aliphatic heterocycles. The fourth-order valence-electron chi connectivity index (χ4n) is 1.62. The third kappa shape index (κ3) is 3.32. The van der Waals surface area contributed by atoms with Crippen LogP contribution >= 0.6 is 11.6 Å². The lowest BCUT2D eigenvalue weighted by molar-refractivity contribution is 0.179. The topological polar surface area (TPSA) is 63.6 Å². The maximum Gasteiger partial charge on any atom is 0.273 e. The first-order valence-corrected chi connectivity index (χ1v) is 7.55. The van der Waals surface area contributed by atoms with E-state index in [1.165, 1.54) is 0 Å². The van der Waals surface area contributed by atoms with Crippen molar-refractivity contribution in [3.63, 3.8) is 0 Å². The summed E-state index contributed by atoms with van der Waals surface area (Å²) in [5.41, 5.74) is 0. The zero-order valence-electron chi connectivity index (χ0n) is 9.49. The van der Waals surface area contributed by atoms with E-state index in [2.05, 4.69) is 0 Å². The lowest BCUT2D eigenvalue weighted by atomic mass is 10.2. The summed E-state index contributed by atoms with van der Waals surface area (Å²) in [6.07, 6.45) is 2.17. The van der Waals surface area contributed by atoms with E-state index in [9.17, 15) is 13.5 Å². The number of aliphatic hydroxyl groups is 1. The number of hydrogen-bond donors (Lipinski definition) is 1. The highest BCUT2D eigenvalue weighted by atomic mass is 35.5. The molecule has 6 heteroatoms. The third-order valence-corrected chi connectivity index (χ3v) is 5.33. The van der Waals surface area contributed by atoms with Crippen LogP contribution in [0.3, 0.4) is 0 Å². The molecule has 0 aromatic rings. The summed E-state index contributed by atoms with van der Waals surface area (Å²) in [4.78, 5) is 0. The van der Waals surface area contributed by atoms with Crippen molar-refractivity contribution in [2.24, 2.45) is 0 Å². The molecular weight excluding hydrogens is 252 g/mol. The fourth-order valence-corrected chi connectivity index (χ4v) is 3.31. The van der Waals surface area contributed by atoms with Crippen molar-refractivity contribution >= 4 is 21.7 Å². The Bertz CT molecular complexity index is 311. The van der Waals surface area contributed by atoms with Crippen LogP contribution in [0.25, 0.3) is 0 Å². The molecule has 0 amide bonds. The molecule has 0 aromatic carbocycles. The van der Waals surface area contributed by atoms with E-state index in [1.54, 1.807) is 0 Å². The van der Waals surface area contributed by atoms with Crippen molar-refractivity contribution in [3.05, 3.63) is 0 Å². The molecule has 16 heavy (non-hydrogen) atoms. The minimum atomic E-state index is -3.54. The van der Waals surface area contributed by atoms with Crippen molar-refractivity contribution in [1.29, 1.82) is 0 Å². The highest BCUT2D eigenvalue weighted by Crippen LogP contribution is 2.48. The SMILES string of the molecule is CCCCOS(=O)(=O)C1(C[C@H](O)CCl)CC1. The smallest absolute Gasteiger partial charge is 0.273 e. The Kier molecular flexibility index (Phi) is 5.04. The monoisotopic (exact) mass is 270 g/mol. The van der Waals surface area contributed by atoms with E-state index >= 15 is 0 Å². The van der Waals surface area contributed by atoms with Crippen molar-refractivity contribution < 1.29 is 17.7 Å². The third-order valence-electron chi connectivity index (χ3n) is 2.86. The Labute approximate surface area is 102 Å². The molecule has 0 radical (unpaired) electrons. The highest BCUT2D eigenvalue weighted by Gasteiger charge is 2.56. The van der Waals surface area contributed by atoms with Gasteiger partial charge in [0.15, 0.2) is 0 Å². The molecule has 1 aliphatic carbocycles. The van der Waals surface area contributed by atoms with Crippen molar-refractivity contribution in [1.82, 2.24) is 0 Å². The normalized spacial score (nSPS) is 20.7. The molecular formula is C10H19ClO4S. The van der Waals surface area contributed by atoms with Crippen LogP contribution in [0.4, 0.5) is 0 Å². The van der Waals surface area contributed by atoms with Gasteiger partial charge in [-0.2, -0.15) is 8.42 Å². The molecule has 1 atom stereocenters. The summed E-state index contributed by atoms with van der Waals surface area (Å²) in [7, 11) is -3.54. The Balaban J connectivity index is 2.54. The maximum absolute atomic E-state index is 11.9. The molecule has 0 unspecified atom stereocenters. The van der Waals surface area contributed by atoms with Crippen LogP contribution in [-0.2, 0) is 14.3 Å².